The number of hydrogen-bond donors (Lipinski definition) is 0. The number of rotatable bonds is 3. The molecule has 3 atom stereocenters. The Morgan fingerprint density at radius 1 is 0.943 bits per heavy atom. The summed E-state index contributed by atoms with van der Waals surface area (Å²) in [6, 6.07) is 12.8. The highest BCUT2D eigenvalue weighted by molar-refractivity contribution is 6.31. The van der Waals surface area contributed by atoms with Crippen LogP contribution in [-0.2, 0) is 4.79 Å². The van der Waals surface area contributed by atoms with Crippen molar-refractivity contribution in [2.45, 2.75) is 62.9 Å². The lowest BCUT2D eigenvalue weighted by Crippen LogP contribution is -2.52. The zero-order valence-corrected chi connectivity index (χ0v) is 20.5. The number of benzene rings is 1. The smallest absolute Gasteiger partial charge is 0.254 e. The van der Waals surface area contributed by atoms with Crippen molar-refractivity contribution in [1.29, 1.82) is 0 Å². The van der Waals surface area contributed by atoms with Gasteiger partial charge in [0.05, 0.1) is 0 Å². The Kier molecular flexibility index (Phi) is 5.96. The molecule has 1 aromatic carbocycles. The number of carbonyl (C=O) groups is 2. The Balaban J connectivity index is 1.20. The maximum atomic E-state index is 13.8. The number of fused-ring (bicyclic) bond motifs is 2. The number of nitrogens with zero attached hydrogens (tertiary/aromatic N) is 5. The number of halogens is 1. The molecule has 0 bridgehead atoms. The summed E-state index contributed by atoms with van der Waals surface area (Å²) in [6.07, 6.45) is 8.83. The standard InChI is InChI=1S/C27H30ClN5O2/c28-21-8-5-7-20(16-21)26(34)33-22-9-2-1-6-19(22)17-23(33)27(35)31-14-11-18(12-15-31)25-30-29-24-10-3-4-13-32(24)25/h3-5,7-8,10,13,16,18-19,22-23H,1-2,6,9,11-12,14-15,17H2. The van der Waals surface area contributed by atoms with Crippen LogP contribution in [-0.4, -0.2) is 61.4 Å². The van der Waals surface area contributed by atoms with Gasteiger partial charge in [-0.2, -0.15) is 0 Å². The molecule has 7 nitrogen and oxygen atoms in total. The summed E-state index contributed by atoms with van der Waals surface area (Å²) in [4.78, 5) is 31.4. The Hall–Kier alpha value is -2.93. The van der Waals surface area contributed by atoms with Crippen LogP contribution >= 0.6 is 11.6 Å². The summed E-state index contributed by atoms with van der Waals surface area (Å²) < 4.78 is 2.05. The van der Waals surface area contributed by atoms with Gasteiger partial charge >= 0.3 is 0 Å². The molecule has 2 saturated heterocycles. The van der Waals surface area contributed by atoms with E-state index in [1.165, 1.54) is 6.42 Å². The van der Waals surface area contributed by atoms with Gasteiger partial charge in [-0.15, -0.1) is 10.2 Å². The molecule has 3 aliphatic rings. The molecule has 0 radical (unpaired) electrons. The minimum Gasteiger partial charge on any atom is -0.341 e. The molecule has 4 heterocycles. The summed E-state index contributed by atoms with van der Waals surface area (Å²) in [5.41, 5.74) is 1.42. The summed E-state index contributed by atoms with van der Waals surface area (Å²) >= 11 is 6.19. The average Bonchev–Trinajstić information content (AvgIpc) is 3.50. The first kappa shape index (κ1) is 22.5. The van der Waals surface area contributed by atoms with Crippen molar-refractivity contribution >= 4 is 29.1 Å². The highest BCUT2D eigenvalue weighted by Crippen LogP contribution is 2.41. The Labute approximate surface area is 210 Å². The number of hydrogen-bond acceptors (Lipinski definition) is 4. The van der Waals surface area contributed by atoms with Crippen LogP contribution in [0.4, 0.5) is 0 Å². The second-order valence-electron chi connectivity index (χ2n) is 10.2. The van der Waals surface area contributed by atoms with E-state index in [4.69, 9.17) is 11.6 Å². The number of aromatic nitrogens is 3. The Bertz CT molecular complexity index is 1250. The van der Waals surface area contributed by atoms with Crippen LogP contribution in [0.25, 0.3) is 5.65 Å². The summed E-state index contributed by atoms with van der Waals surface area (Å²) in [5.74, 6) is 1.68. The van der Waals surface area contributed by atoms with Gasteiger partial charge in [0.25, 0.3) is 5.91 Å². The fourth-order valence-corrected chi connectivity index (χ4v) is 6.64. The van der Waals surface area contributed by atoms with E-state index in [2.05, 4.69) is 14.6 Å². The third kappa shape index (κ3) is 4.10. The lowest BCUT2D eigenvalue weighted by atomic mass is 9.84. The maximum Gasteiger partial charge on any atom is 0.254 e. The van der Waals surface area contributed by atoms with Gasteiger partial charge in [0.15, 0.2) is 5.65 Å². The van der Waals surface area contributed by atoms with Crippen LogP contribution < -0.4 is 0 Å². The van der Waals surface area contributed by atoms with Crippen LogP contribution in [0.2, 0.25) is 5.02 Å². The van der Waals surface area contributed by atoms with Crippen molar-refractivity contribution in [2.24, 2.45) is 5.92 Å². The van der Waals surface area contributed by atoms with Gasteiger partial charge in [-0.3, -0.25) is 14.0 Å². The van der Waals surface area contributed by atoms with E-state index >= 15 is 0 Å². The number of carbonyl (C=O) groups excluding carboxylic acids is 2. The average molecular weight is 492 g/mol. The van der Waals surface area contributed by atoms with Crippen molar-refractivity contribution in [3.05, 3.63) is 65.1 Å². The summed E-state index contributed by atoms with van der Waals surface area (Å²) in [6.45, 7) is 1.35. The largest absolute Gasteiger partial charge is 0.341 e. The SMILES string of the molecule is O=C(C1CC2CCCCC2N1C(=O)c1cccc(Cl)c1)N1CCC(c2nnc3ccccn23)CC1. The van der Waals surface area contributed by atoms with Gasteiger partial charge in [0, 0.05) is 41.8 Å². The number of piperidine rings is 1. The quantitative estimate of drug-likeness (QED) is 0.538. The minimum atomic E-state index is -0.389. The molecule has 1 saturated carbocycles. The van der Waals surface area contributed by atoms with E-state index in [1.54, 1.807) is 24.3 Å². The van der Waals surface area contributed by atoms with Gasteiger partial charge < -0.3 is 9.80 Å². The second-order valence-corrected chi connectivity index (χ2v) is 10.6. The normalized spacial score (nSPS) is 25.1. The lowest BCUT2D eigenvalue weighted by Gasteiger charge is -2.37. The topological polar surface area (TPSA) is 70.8 Å². The van der Waals surface area contributed by atoms with Crippen molar-refractivity contribution in [3.8, 4) is 0 Å². The molecule has 3 fully saturated rings. The van der Waals surface area contributed by atoms with Crippen molar-refractivity contribution in [3.63, 3.8) is 0 Å². The summed E-state index contributed by atoms with van der Waals surface area (Å²) in [5, 5.41) is 9.28. The van der Waals surface area contributed by atoms with Crippen molar-refractivity contribution < 1.29 is 9.59 Å². The first-order valence-electron chi connectivity index (χ1n) is 12.8. The molecule has 35 heavy (non-hydrogen) atoms. The molecule has 2 amide bonds. The molecule has 0 N–H and O–H groups in total. The first-order valence-corrected chi connectivity index (χ1v) is 13.1. The Morgan fingerprint density at radius 2 is 1.77 bits per heavy atom. The predicted molar refractivity (Wildman–Crippen MR) is 133 cm³/mol. The van der Waals surface area contributed by atoms with Crippen molar-refractivity contribution in [2.75, 3.05) is 13.1 Å². The van der Waals surface area contributed by atoms with Gasteiger partial charge in [-0.05, 0) is 68.4 Å². The van der Waals surface area contributed by atoms with Gasteiger partial charge in [0.1, 0.15) is 11.9 Å². The number of amides is 2. The molecule has 3 aromatic rings. The molecule has 6 rings (SSSR count). The fourth-order valence-electron chi connectivity index (χ4n) is 6.45. The minimum absolute atomic E-state index is 0.0648. The zero-order valence-electron chi connectivity index (χ0n) is 19.7. The molecular weight excluding hydrogens is 462 g/mol. The molecule has 2 aromatic heterocycles. The second kappa shape index (κ2) is 9.26. The zero-order chi connectivity index (χ0) is 23.9. The van der Waals surface area contributed by atoms with Crippen molar-refractivity contribution in [1.82, 2.24) is 24.4 Å². The van der Waals surface area contributed by atoms with Crippen LogP contribution in [0.1, 0.15) is 67.0 Å². The van der Waals surface area contributed by atoms with Crippen LogP contribution in [0, 0.1) is 5.92 Å². The molecular formula is C27H30ClN5O2. The highest BCUT2D eigenvalue weighted by Gasteiger charge is 2.48. The van der Waals surface area contributed by atoms with E-state index in [-0.39, 0.29) is 29.8 Å². The number of likely N-dealkylation sites (tertiary alicyclic amines) is 2. The molecule has 1 aliphatic carbocycles. The lowest BCUT2D eigenvalue weighted by molar-refractivity contribution is -0.136. The first-order chi connectivity index (χ1) is 17.1. The third-order valence-electron chi connectivity index (χ3n) is 8.19. The predicted octanol–water partition coefficient (Wildman–Crippen LogP) is 4.56. The van der Waals surface area contributed by atoms with Crippen LogP contribution in [0.15, 0.2) is 48.7 Å². The molecule has 3 unspecified atom stereocenters. The van der Waals surface area contributed by atoms with E-state index in [0.29, 0.717) is 29.6 Å². The maximum absolute atomic E-state index is 13.8. The van der Waals surface area contributed by atoms with Crippen LogP contribution in [0.3, 0.4) is 0 Å². The fraction of sp³-hybridized carbons (Fsp3) is 0.481. The summed E-state index contributed by atoms with van der Waals surface area (Å²) in [7, 11) is 0. The van der Waals surface area contributed by atoms with Crippen LogP contribution in [0.5, 0.6) is 0 Å². The highest BCUT2D eigenvalue weighted by atomic mass is 35.5. The third-order valence-corrected chi connectivity index (χ3v) is 8.43. The van der Waals surface area contributed by atoms with Gasteiger partial charge in [0.2, 0.25) is 5.91 Å². The van der Waals surface area contributed by atoms with E-state index in [9.17, 15) is 9.59 Å². The van der Waals surface area contributed by atoms with E-state index in [0.717, 1.165) is 50.0 Å². The number of pyridine rings is 1. The molecule has 182 valence electrons. The van der Waals surface area contributed by atoms with E-state index < -0.39 is 0 Å². The molecule has 8 heteroatoms. The Morgan fingerprint density at radius 3 is 2.60 bits per heavy atom. The monoisotopic (exact) mass is 491 g/mol. The van der Waals surface area contributed by atoms with Gasteiger partial charge in [-0.1, -0.05) is 36.6 Å². The molecule has 2 aliphatic heterocycles. The van der Waals surface area contributed by atoms with Gasteiger partial charge in [-0.25, -0.2) is 0 Å². The molecule has 0 spiro atoms. The van der Waals surface area contributed by atoms with E-state index in [1.807, 2.05) is 34.2 Å².